The Bertz CT molecular complexity index is 583. The standard InChI is InChI=1S/C10H14N6O2/c1-2-6-17-3-5(18-6)16-4-13-7-8(11)14-10(12)15-9(7)16/h4-6H,2-3H2,1H3,(H4,11,12,14,15). The molecule has 0 radical (unpaired) electrons. The molecule has 0 aromatic carbocycles. The van der Waals surface area contributed by atoms with Crippen LogP contribution in [-0.2, 0) is 9.47 Å². The molecule has 8 nitrogen and oxygen atoms in total. The van der Waals surface area contributed by atoms with Gasteiger partial charge in [0, 0.05) is 0 Å². The van der Waals surface area contributed by atoms with Gasteiger partial charge in [-0.25, -0.2) is 4.98 Å². The van der Waals surface area contributed by atoms with E-state index in [1.807, 2.05) is 6.92 Å². The first-order valence-electron chi connectivity index (χ1n) is 5.71. The zero-order chi connectivity index (χ0) is 12.7. The minimum absolute atomic E-state index is 0.118. The maximum Gasteiger partial charge on any atom is 0.224 e. The molecule has 1 aliphatic rings. The average Bonchev–Trinajstić information content (AvgIpc) is 2.93. The Balaban J connectivity index is 2.03. The van der Waals surface area contributed by atoms with Crippen molar-refractivity contribution in [1.29, 1.82) is 0 Å². The predicted octanol–water partition coefficient (Wildman–Crippen LogP) is 0.272. The van der Waals surface area contributed by atoms with Gasteiger partial charge >= 0.3 is 0 Å². The van der Waals surface area contributed by atoms with Gasteiger partial charge in [0.25, 0.3) is 0 Å². The maximum atomic E-state index is 5.74. The zero-order valence-electron chi connectivity index (χ0n) is 9.91. The molecule has 0 spiro atoms. The van der Waals surface area contributed by atoms with Gasteiger partial charge in [0.05, 0.1) is 12.9 Å². The van der Waals surface area contributed by atoms with Gasteiger partial charge in [0.2, 0.25) is 5.95 Å². The lowest BCUT2D eigenvalue weighted by molar-refractivity contribution is -0.0715. The number of hydrogen-bond acceptors (Lipinski definition) is 7. The first-order valence-corrected chi connectivity index (χ1v) is 5.71. The highest BCUT2D eigenvalue weighted by Crippen LogP contribution is 2.27. The summed E-state index contributed by atoms with van der Waals surface area (Å²) in [5, 5.41) is 0. The van der Waals surface area contributed by atoms with Crippen molar-refractivity contribution in [3.05, 3.63) is 6.33 Å². The van der Waals surface area contributed by atoms with E-state index in [-0.39, 0.29) is 24.3 Å². The molecule has 2 aromatic rings. The molecule has 8 heteroatoms. The summed E-state index contributed by atoms with van der Waals surface area (Å²) in [5.41, 5.74) is 12.4. The number of nitrogen functional groups attached to an aromatic ring is 2. The van der Waals surface area contributed by atoms with Gasteiger partial charge in [-0.2, -0.15) is 9.97 Å². The van der Waals surface area contributed by atoms with Crippen LogP contribution >= 0.6 is 0 Å². The lowest BCUT2D eigenvalue weighted by Crippen LogP contribution is -2.12. The fraction of sp³-hybridized carbons (Fsp3) is 0.500. The number of hydrogen-bond donors (Lipinski definition) is 2. The van der Waals surface area contributed by atoms with Crippen molar-refractivity contribution in [1.82, 2.24) is 19.5 Å². The molecule has 0 bridgehead atoms. The van der Waals surface area contributed by atoms with E-state index in [9.17, 15) is 0 Å². The highest BCUT2D eigenvalue weighted by atomic mass is 16.7. The van der Waals surface area contributed by atoms with Crippen molar-refractivity contribution in [3.63, 3.8) is 0 Å². The van der Waals surface area contributed by atoms with Gasteiger partial charge in [-0.05, 0) is 6.42 Å². The van der Waals surface area contributed by atoms with Crippen LogP contribution in [0.15, 0.2) is 6.33 Å². The molecule has 2 unspecified atom stereocenters. The smallest absolute Gasteiger partial charge is 0.224 e. The molecule has 0 saturated carbocycles. The van der Waals surface area contributed by atoms with E-state index in [1.165, 1.54) is 0 Å². The largest absolute Gasteiger partial charge is 0.382 e. The van der Waals surface area contributed by atoms with Gasteiger partial charge in [-0.15, -0.1) is 0 Å². The molecule has 3 heterocycles. The van der Waals surface area contributed by atoms with Crippen LogP contribution in [0.2, 0.25) is 0 Å². The molecular weight excluding hydrogens is 236 g/mol. The van der Waals surface area contributed by atoms with Crippen molar-refractivity contribution in [2.75, 3.05) is 18.1 Å². The van der Waals surface area contributed by atoms with Gasteiger partial charge < -0.3 is 20.9 Å². The monoisotopic (exact) mass is 250 g/mol. The fourth-order valence-electron chi connectivity index (χ4n) is 1.97. The van der Waals surface area contributed by atoms with Crippen LogP contribution in [0.4, 0.5) is 11.8 Å². The van der Waals surface area contributed by atoms with Crippen LogP contribution in [0.5, 0.6) is 0 Å². The number of ether oxygens (including phenoxy) is 2. The summed E-state index contributed by atoms with van der Waals surface area (Å²) in [6, 6.07) is 0. The second-order valence-corrected chi connectivity index (χ2v) is 4.05. The first-order chi connectivity index (χ1) is 8.69. The lowest BCUT2D eigenvalue weighted by Gasteiger charge is -2.11. The number of nitrogens with zero attached hydrogens (tertiary/aromatic N) is 4. The quantitative estimate of drug-likeness (QED) is 0.786. The number of nitrogens with two attached hydrogens (primary N) is 2. The van der Waals surface area contributed by atoms with Crippen molar-refractivity contribution in [2.45, 2.75) is 25.9 Å². The molecular formula is C10H14N6O2. The second kappa shape index (κ2) is 4.07. The van der Waals surface area contributed by atoms with Gasteiger partial charge in [-0.3, -0.25) is 4.57 Å². The van der Waals surface area contributed by atoms with Crippen molar-refractivity contribution >= 4 is 22.9 Å². The third kappa shape index (κ3) is 1.66. The summed E-state index contributed by atoms with van der Waals surface area (Å²) in [5.74, 6) is 0.384. The molecule has 2 aromatic heterocycles. The van der Waals surface area contributed by atoms with E-state index in [0.29, 0.717) is 17.8 Å². The Hall–Kier alpha value is -1.93. The van der Waals surface area contributed by atoms with Crippen LogP contribution in [0, 0.1) is 0 Å². The molecule has 2 atom stereocenters. The molecule has 1 aliphatic heterocycles. The minimum atomic E-state index is -0.256. The van der Waals surface area contributed by atoms with E-state index in [4.69, 9.17) is 20.9 Å². The highest BCUT2D eigenvalue weighted by Gasteiger charge is 2.27. The molecule has 0 aliphatic carbocycles. The maximum absolute atomic E-state index is 5.74. The van der Waals surface area contributed by atoms with E-state index >= 15 is 0 Å². The number of anilines is 2. The Labute approximate surface area is 103 Å². The topological polar surface area (TPSA) is 114 Å². The molecule has 0 amide bonds. The second-order valence-electron chi connectivity index (χ2n) is 4.05. The van der Waals surface area contributed by atoms with Crippen LogP contribution in [0.25, 0.3) is 11.2 Å². The number of rotatable bonds is 2. The molecule has 96 valence electrons. The molecule has 3 rings (SSSR count). The van der Waals surface area contributed by atoms with E-state index in [1.54, 1.807) is 10.9 Å². The Morgan fingerprint density at radius 2 is 2.28 bits per heavy atom. The highest BCUT2D eigenvalue weighted by molar-refractivity contribution is 5.82. The minimum Gasteiger partial charge on any atom is -0.382 e. The van der Waals surface area contributed by atoms with Gasteiger partial charge in [0.15, 0.2) is 24.0 Å². The fourth-order valence-corrected chi connectivity index (χ4v) is 1.97. The van der Waals surface area contributed by atoms with Crippen LogP contribution < -0.4 is 11.5 Å². The van der Waals surface area contributed by atoms with Crippen molar-refractivity contribution in [2.24, 2.45) is 0 Å². The Kier molecular flexibility index (Phi) is 2.53. The molecule has 4 N–H and O–H groups in total. The van der Waals surface area contributed by atoms with Gasteiger partial charge in [0.1, 0.15) is 5.52 Å². The summed E-state index contributed by atoms with van der Waals surface area (Å²) < 4.78 is 12.9. The number of aromatic nitrogens is 4. The van der Waals surface area contributed by atoms with Crippen LogP contribution in [0.3, 0.4) is 0 Å². The summed E-state index contributed by atoms with van der Waals surface area (Å²) in [7, 11) is 0. The SMILES string of the molecule is CCC1OCC(n2cnc3c(N)nc(N)nc32)O1. The van der Waals surface area contributed by atoms with Crippen LogP contribution in [0.1, 0.15) is 19.6 Å². The van der Waals surface area contributed by atoms with Crippen LogP contribution in [-0.4, -0.2) is 32.4 Å². The van der Waals surface area contributed by atoms with Crippen molar-refractivity contribution < 1.29 is 9.47 Å². The van der Waals surface area contributed by atoms with E-state index < -0.39 is 0 Å². The third-order valence-electron chi connectivity index (χ3n) is 2.84. The molecule has 1 saturated heterocycles. The summed E-state index contributed by atoms with van der Waals surface area (Å²) in [6.07, 6.45) is 1.96. The zero-order valence-corrected chi connectivity index (χ0v) is 9.91. The van der Waals surface area contributed by atoms with E-state index in [0.717, 1.165) is 6.42 Å². The Morgan fingerprint density at radius 1 is 1.44 bits per heavy atom. The third-order valence-corrected chi connectivity index (χ3v) is 2.84. The summed E-state index contributed by atoms with van der Waals surface area (Å²) in [4.78, 5) is 12.2. The average molecular weight is 250 g/mol. The number of imidazole rings is 1. The number of fused-ring (bicyclic) bond motifs is 1. The molecule has 1 fully saturated rings. The Morgan fingerprint density at radius 3 is 3.00 bits per heavy atom. The van der Waals surface area contributed by atoms with Crippen molar-refractivity contribution in [3.8, 4) is 0 Å². The van der Waals surface area contributed by atoms with E-state index in [2.05, 4.69) is 15.0 Å². The first kappa shape index (κ1) is 11.2. The van der Waals surface area contributed by atoms with Gasteiger partial charge in [-0.1, -0.05) is 6.92 Å². The predicted molar refractivity (Wildman–Crippen MR) is 64.3 cm³/mol. The summed E-state index contributed by atoms with van der Waals surface area (Å²) >= 11 is 0. The summed E-state index contributed by atoms with van der Waals surface area (Å²) in [6.45, 7) is 2.45. The normalized spacial score (nSPS) is 23.8. The lowest BCUT2D eigenvalue weighted by atomic mass is 10.5. The molecule has 18 heavy (non-hydrogen) atoms.